The Balaban J connectivity index is 1.76. The maximum absolute atomic E-state index is 12.2. The summed E-state index contributed by atoms with van der Waals surface area (Å²) in [5.74, 6) is 0.616. The number of piperidine rings is 1. The van der Waals surface area contributed by atoms with Crippen LogP contribution in [0, 0.1) is 6.92 Å². The van der Waals surface area contributed by atoms with Crippen LogP contribution in [0.15, 0.2) is 4.34 Å². The first-order valence-corrected chi connectivity index (χ1v) is 8.97. The van der Waals surface area contributed by atoms with E-state index in [1.807, 2.05) is 6.92 Å². The standard InChI is InChI=1S/C13H20N4O3S2/c1-9-15-16-12(22-9)21-8-6-14-11(18)10-5-3-4-7-17(10)13(19)20-2/h10H,3-8H2,1-2H3,(H,14,18). The van der Waals surface area contributed by atoms with E-state index >= 15 is 0 Å². The van der Waals surface area contributed by atoms with Crippen LogP contribution in [0.3, 0.4) is 0 Å². The SMILES string of the molecule is COC(=O)N1CCCCC1C(=O)NCCSc1nnc(C)s1. The predicted octanol–water partition coefficient (Wildman–Crippen LogP) is 1.68. The van der Waals surface area contributed by atoms with Crippen molar-refractivity contribution in [2.45, 2.75) is 36.6 Å². The van der Waals surface area contributed by atoms with Gasteiger partial charge in [0.25, 0.3) is 0 Å². The summed E-state index contributed by atoms with van der Waals surface area (Å²) in [5.41, 5.74) is 0. The van der Waals surface area contributed by atoms with E-state index in [0.29, 0.717) is 19.5 Å². The van der Waals surface area contributed by atoms with Gasteiger partial charge in [-0.05, 0) is 26.2 Å². The zero-order valence-corrected chi connectivity index (χ0v) is 14.3. The summed E-state index contributed by atoms with van der Waals surface area (Å²) in [7, 11) is 1.34. The van der Waals surface area contributed by atoms with E-state index in [1.165, 1.54) is 12.0 Å². The monoisotopic (exact) mass is 344 g/mol. The number of thioether (sulfide) groups is 1. The van der Waals surface area contributed by atoms with Crippen molar-refractivity contribution >= 4 is 35.1 Å². The summed E-state index contributed by atoms with van der Waals surface area (Å²) in [4.78, 5) is 25.5. The Kier molecular flexibility index (Phi) is 6.44. The zero-order chi connectivity index (χ0) is 15.9. The molecule has 0 aliphatic carbocycles. The molecular formula is C13H20N4O3S2. The van der Waals surface area contributed by atoms with Crippen molar-refractivity contribution in [3.8, 4) is 0 Å². The lowest BCUT2D eigenvalue weighted by molar-refractivity contribution is -0.126. The van der Waals surface area contributed by atoms with E-state index in [1.54, 1.807) is 23.1 Å². The normalized spacial score (nSPS) is 18.1. The number of ether oxygens (including phenoxy) is 1. The minimum atomic E-state index is -0.432. The molecule has 0 saturated carbocycles. The van der Waals surface area contributed by atoms with Crippen molar-refractivity contribution in [3.05, 3.63) is 5.01 Å². The number of likely N-dealkylation sites (tertiary alicyclic amines) is 1. The molecule has 1 aromatic heterocycles. The first-order chi connectivity index (χ1) is 10.6. The van der Waals surface area contributed by atoms with Gasteiger partial charge in [-0.3, -0.25) is 9.69 Å². The van der Waals surface area contributed by atoms with E-state index in [4.69, 9.17) is 4.74 Å². The highest BCUT2D eigenvalue weighted by Gasteiger charge is 2.32. The second-order valence-electron chi connectivity index (χ2n) is 4.90. The molecule has 122 valence electrons. The Hall–Kier alpha value is -1.35. The molecule has 0 spiro atoms. The smallest absolute Gasteiger partial charge is 0.410 e. The van der Waals surface area contributed by atoms with Crippen molar-refractivity contribution in [2.75, 3.05) is 26.0 Å². The largest absolute Gasteiger partial charge is 0.453 e. The van der Waals surface area contributed by atoms with Gasteiger partial charge in [-0.1, -0.05) is 23.1 Å². The number of carbonyl (C=O) groups is 2. The van der Waals surface area contributed by atoms with Gasteiger partial charge in [0, 0.05) is 18.8 Å². The van der Waals surface area contributed by atoms with Crippen LogP contribution in [-0.2, 0) is 9.53 Å². The number of carbonyl (C=O) groups excluding carboxylic acids is 2. The van der Waals surface area contributed by atoms with Crippen molar-refractivity contribution in [2.24, 2.45) is 0 Å². The summed E-state index contributed by atoms with van der Waals surface area (Å²) in [6.07, 6.45) is 2.11. The van der Waals surface area contributed by atoms with E-state index in [-0.39, 0.29) is 5.91 Å². The highest BCUT2D eigenvalue weighted by atomic mass is 32.2. The summed E-state index contributed by atoms with van der Waals surface area (Å²) < 4.78 is 5.65. The van der Waals surface area contributed by atoms with Gasteiger partial charge in [0.05, 0.1) is 7.11 Å². The van der Waals surface area contributed by atoms with Gasteiger partial charge in [-0.2, -0.15) is 0 Å². The van der Waals surface area contributed by atoms with E-state index in [2.05, 4.69) is 15.5 Å². The number of aryl methyl sites for hydroxylation is 1. The Labute approximate surface area is 137 Å². The van der Waals surface area contributed by atoms with Crippen LogP contribution < -0.4 is 5.32 Å². The zero-order valence-electron chi connectivity index (χ0n) is 12.7. The van der Waals surface area contributed by atoms with Gasteiger partial charge in [0.1, 0.15) is 11.0 Å². The van der Waals surface area contributed by atoms with Gasteiger partial charge < -0.3 is 10.1 Å². The molecule has 1 unspecified atom stereocenters. The summed E-state index contributed by atoms with van der Waals surface area (Å²) in [6.45, 7) is 3.02. The fraction of sp³-hybridized carbons (Fsp3) is 0.692. The van der Waals surface area contributed by atoms with E-state index in [9.17, 15) is 9.59 Å². The molecule has 2 heterocycles. The second-order valence-corrected chi connectivity index (χ2v) is 7.43. The number of rotatable bonds is 5. The van der Waals surface area contributed by atoms with Gasteiger partial charge >= 0.3 is 6.09 Å². The summed E-state index contributed by atoms with van der Waals surface area (Å²) in [5, 5.41) is 11.8. The number of nitrogens with one attached hydrogen (secondary N) is 1. The molecule has 1 N–H and O–H groups in total. The predicted molar refractivity (Wildman–Crippen MR) is 85.1 cm³/mol. The van der Waals surface area contributed by atoms with Gasteiger partial charge in [0.15, 0.2) is 4.34 Å². The molecule has 0 bridgehead atoms. The molecule has 1 atom stereocenters. The van der Waals surface area contributed by atoms with Crippen LogP contribution in [0.2, 0.25) is 0 Å². The van der Waals surface area contributed by atoms with Crippen LogP contribution in [0.5, 0.6) is 0 Å². The fourth-order valence-corrected chi connectivity index (χ4v) is 4.05. The van der Waals surface area contributed by atoms with Gasteiger partial charge in [0.2, 0.25) is 5.91 Å². The molecule has 2 amide bonds. The van der Waals surface area contributed by atoms with Gasteiger partial charge in [-0.15, -0.1) is 10.2 Å². The third kappa shape index (κ3) is 4.57. The molecule has 1 aliphatic heterocycles. The fourth-order valence-electron chi connectivity index (χ4n) is 2.31. The third-order valence-electron chi connectivity index (χ3n) is 3.35. The maximum atomic E-state index is 12.2. The lowest BCUT2D eigenvalue weighted by atomic mass is 10.0. The molecule has 9 heteroatoms. The minimum absolute atomic E-state index is 0.112. The quantitative estimate of drug-likeness (QED) is 0.646. The average Bonchev–Trinajstić information content (AvgIpc) is 2.96. The highest BCUT2D eigenvalue weighted by Crippen LogP contribution is 2.21. The van der Waals surface area contributed by atoms with Crippen LogP contribution in [0.4, 0.5) is 4.79 Å². The molecule has 1 fully saturated rings. The second kappa shape index (κ2) is 8.33. The Morgan fingerprint density at radius 2 is 2.27 bits per heavy atom. The average molecular weight is 344 g/mol. The maximum Gasteiger partial charge on any atom is 0.410 e. The van der Waals surface area contributed by atoms with E-state index in [0.717, 1.165) is 27.9 Å². The summed E-state index contributed by atoms with van der Waals surface area (Å²) in [6, 6.07) is -0.421. The van der Waals surface area contributed by atoms with Crippen molar-refractivity contribution < 1.29 is 14.3 Å². The van der Waals surface area contributed by atoms with Crippen molar-refractivity contribution in [3.63, 3.8) is 0 Å². The number of hydrogen-bond donors (Lipinski definition) is 1. The molecule has 1 saturated heterocycles. The number of hydrogen-bond acceptors (Lipinski definition) is 7. The first kappa shape index (κ1) is 17.0. The molecular weight excluding hydrogens is 324 g/mol. The van der Waals surface area contributed by atoms with Crippen LogP contribution in [0.1, 0.15) is 24.3 Å². The Morgan fingerprint density at radius 3 is 2.95 bits per heavy atom. The van der Waals surface area contributed by atoms with Gasteiger partial charge in [-0.25, -0.2) is 4.79 Å². The first-order valence-electron chi connectivity index (χ1n) is 7.17. The molecule has 2 rings (SSSR count). The number of methoxy groups -OCH3 is 1. The molecule has 1 aliphatic rings. The molecule has 7 nitrogen and oxygen atoms in total. The topological polar surface area (TPSA) is 84.4 Å². The van der Waals surface area contributed by atoms with Crippen molar-refractivity contribution in [1.29, 1.82) is 0 Å². The Morgan fingerprint density at radius 1 is 1.45 bits per heavy atom. The van der Waals surface area contributed by atoms with Crippen LogP contribution in [0.25, 0.3) is 0 Å². The van der Waals surface area contributed by atoms with Crippen LogP contribution in [-0.4, -0.2) is 59.1 Å². The lowest BCUT2D eigenvalue weighted by Gasteiger charge is -2.33. The number of nitrogens with zero attached hydrogens (tertiary/aromatic N) is 3. The molecule has 1 aromatic rings. The van der Waals surface area contributed by atoms with E-state index < -0.39 is 12.1 Å². The Bertz CT molecular complexity index is 523. The minimum Gasteiger partial charge on any atom is -0.453 e. The third-order valence-corrected chi connectivity index (χ3v) is 5.32. The highest BCUT2D eigenvalue weighted by molar-refractivity contribution is 8.01. The molecule has 22 heavy (non-hydrogen) atoms. The lowest BCUT2D eigenvalue weighted by Crippen LogP contribution is -2.52. The molecule has 0 radical (unpaired) electrons. The number of amides is 2. The number of aromatic nitrogens is 2. The molecule has 0 aromatic carbocycles. The van der Waals surface area contributed by atoms with Crippen molar-refractivity contribution in [1.82, 2.24) is 20.4 Å². The van der Waals surface area contributed by atoms with Crippen LogP contribution >= 0.6 is 23.1 Å². The summed E-state index contributed by atoms with van der Waals surface area (Å²) >= 11 is 3.11.